The summed E-state index contributed by atoms with van der Waals surface area (Å²) in [5, 5.41) is 8.83. The van der Waals surface area contributed by atoms with Crippen LogP contribution in [0.1, 0.15) is 31.9 Å². The summed E-state index contributed by atoms with van der Waals surface area (Å²) < 4.78 is 57.2. The fourth-order valence-corrected chi connectivity index (χ4v) is 2.30. The minimum atomic E-state index is -5.27. The van der Waals surface area contributed by atoms with Crippen molar-refractivity contribution in [1.29, 1.82) is 0 Å². The van der Waals surface area contributed by atoms with Crippen molar-refractivity contribution in [3.63, 3.8) is 0 Å². The average molecular weight is 422 g/mol. The predicted molar refractivity (Wildman–Crippen MR) is 93.2 cm³/mol. The van der Waals surface area contributed by atoms with E-state index in [1.165, 1.54) is 7.05 Å². The normalized spacial score (nSPS) is 11.7. The van der Waals surface area contributed by atoms with E-state index < -0.39 is 48.7 Å². The van der Waals surface area contributed by atoms with Crippen LogP contribution >= 0.6 is 0 Å². The van der Waals surface area contributed by atoms with E-state index >= 15 is 0 Å². The number of aliphatic carboxylic acids is 1. The lowest BCUT2D eigenvalue weighted by Crippen LogP contribution is -2.43. The summed E-state index contributed by atoms with van der Waals surface area (Å²) in [6.07, 6.45) is -6.02. The Hall–Kier alpha value is -2.85. The highest BCUT2D eigenvalue weighted by molar-refractivity contribution is 5.85. The zero-order chi connectivity index (χ0) is 22.6. The van der Waals surface area contributed by atoms with E-state index in [1.807, 2.05) is 0 Å². The average Bonchev–Trinajstić information content (AvgIpc) is 2.52. The quantitative estimate of drug-likeness (QED) is 0.712. The van der Waals surface area contributed by atoms with Crippen molar-refractivity contribution in [2.75, 3.05) is 13.6 Å². The molecule has 0 aliphatic heterocycles. The van der Waals surface area contributed by atoms with Crippen molar-refractivity contribution in [2.45, 2.75) is 45.6 Å². The second-order valence-corrected chi connectivity index (χ2v) is 7.30. The van der Waals surface area contributed by atoms with Gasteiger partial charge in [0.1, 0.15) is 18.0 Å². The van der Waals surface area contributed by atoms with Gasteiger partial charge in [0, 0.05) is 20.1 Å². The van der Waals surface area contributed by atoms with Gasteiger partial charge in [-0.05, 0) is 44.0 Å². The standard InChI is InChI=1S/C18H22F4N2O5/c1-17(2,3)29-16(28)23(4)8-12-7-13(19)6-5-11(12)9-24(10-14(25)26)15(27)18(20,21)22/h5-7H,8-10H2,1-4H3,(H,25,26). The molecule has 11 heteroatoms. The monoisotopic (exact) mass is 422 g/mol. The second-order valence-electron chi connectivity index (χ2n) is 7.30. The van der Waals surface area contributed by atoms with Crippen molar-refractivity contribution in [3.8, 4) is 0 Å². The minimum Gasteiger partial charge on any atom is -0.480 e. The fourth-order valence-electron chi connectivity index (χ4n) is 2.30. The predicted octanol–water partition coefficient (Wildman–Crippen LogP) is 3.17. The lowest BCUT2D eigenvalue weighted by Gasteiger charge is -2.26. The Bertz CT molecular complexity index is 774. The molecule has 0 heterocycles. The molecule has 0 aliphatic rings. The van der Waals surface area contributed by atoms with Gasteiger partial charge in [-0.25, -0.2) is 9.18 Å². The number of carboxylic acid groups (broad SMARTS) is 1. The van der Waals surface area contributed by atoms with Crippen molar-refractivity contribution in [1.82, 2.24) is 9.80 Å². The summed E-state index contributed by atoms with van der Waals surface area (Å²) in [5.41, 5.74) is -0.641. The van der Waals surface area contributed by atoms with Crippen LogP contribution in [0.15, 0.2) is 18.2 Å². The Morgan fingerprint density at radius 3 is 2.14 bits per heavy atom. The Kier molecular flexibility index (Phi) is 7.59. The number of hydrogen-bond acceptors (Lipinski definition) is 4. The van der Waals surface area contributed by atoms with Gasteiger partial charge >= 0.3 is 24.1 Å². The van der Waals surface area contributed by atoms with Gasteiger partial charge in [0.2, 0.25) is 0 Å². The molecule has 1 aromatic carbocycles. The van der Waals surface area contributed by atoms with E-state index in [2.05, 4.69) is 0 Å². The van der Waals surface area contributed by atoms with Crippen molar-refractivity contribution >= 4 is 18.0 Å². The Morgan fingerprint density at radius 1 is 1.07 bits per heavy atom. The molecule has 0 unspecified atom stereocenters. The summed E-state index contributed by atoms with van der Waals surface area (Å²) in [6, 6.07) is 3.09. The number of rotatable bonds is 6. The molecule has 0 atom stereocenters. The lowest BCUT2D eigenvalue weighted by molar-refractivity contribution is -0.187. The van der Waals surface area contributed by atoms with Gasteiger partial charge < -0.3 is 19.6 Å². The molecule has 1 aromatic rings. The highest BCUT2D eigenvalue weighted by Gasteiger charge is 2.43. The van der Waals surface area contributed by atoms with Crippen LogP contribution in [0.4, 0.5) is 22.4 Å². The molecular formula is C18H22F4N2O5. The highest BCUT2D eigenvalue weighted by atomic mass is 19.4. The molecule has 29 heavy (non-hydrogen) atoms. The molecule has 0 aliphatic carbocycles. The molecule has 0 radical (unpaired) electrons. The van der Waals surface area contributed by atoms with E-state index in [-0.39, 0.29) is 22.6 Å². The minimum absolute atomic E-state index is 0.0562. The molecule has 0 spiro atoms. The van der Waals surface area contributed by atoms with Crippen LogP contribution in [-0.4, -0.2) is 58.2 Å². The molecule has 7 nitrogen and oxygen atoms in total. The summed E-state index contributed by atoms with van der Waals surface area (Å²) in [6.45, 7) is 2.75. The number of amides is 2. The summed E-state index contributed by atoms with van der Waals surface area (Å²) in [5.74, 6) is -4.69. The Labute approximate surface area is 164 Å². The second kappa shape index (κ2) is 9.10. The van der Waals surface area contributed by atoms with E-state index in [9.17, 15) is 31.9 Å². The largest absolute Gasteiger partial charge is 0.480 e. The zero-order valence-corrected chi connectivity index (χ0v) is 16.3. The Morgan fingerprint density at radius 2 is 1.66 bits per heavy atom. The third kappa shape index (κ3) is 7.96. The third-order valence-electron chi connectivity index (χ3n) is 3.50. The highest BCUT2D eigenvalue weighted by Crippen LogP contribution is 2.22. The van der Waals surface area contributed by atoms with Crippen LogP contribution in [0.5, 0.6) is 0 Å². The van der Waals surface area contributed by atoms with Crippen LogP contribution in [0.25, 0.3) is 0 Å². The van der Waals surface area contributed by atoms with Crippen molar-refractivity contribution in [3.05, 3.63) is 35.1 Å². The summed E-state index contributed by atoms with van der Waals surface area (Å²) in [4.78, 5) is 35.7. The molecule has 1 N–H and O–H groups in total. The summed E-state index contributed by atoms with van der Waals surface area (Å²) >= 11 is 0. The number of halogens is 4. The number of ether oxygens (including phenoxy) is 1. The van der Waals surface area contributed by atoms with E-state index in [1.54, 1.807) is 20.8 Å². The molecule has 0 fully saturated rings. The maximum Gasteiger partial charge on any atom is 0.471 e. The molecule has 0 aromatic heterocycles. The molecule has 2 amide bonds. The van der Waals surface area contributed by atoms with Gasteiger partial charge in [0.05, 0.1) is 0 Å². The topological polar surface area (TPSA) is 87.2 Å². The van der Waals surface area contributed by atoms with Crippen molar-refractivity contribution in [2.24, 2.45) is 0 Å². The first-order valence-corrected chi connectivity index (χ1v) is 8.39. The molecule has 1 rings (SSSR count). The van der Waals surface area contributed by atoms with E-state index in [0.717, 1.165) is 23.1 Å². The van der Waals surface area contributed by atoms with Gasteiger partial charge in [-0.1, -0.05) is 6.07 Å². The smallest absolute Gasteiger partial charge is 0.471 e. The van der Waals surface area contributed by atoms with Crippen LogP contribution < -0.4 is 0 Å². The van der Waals surface area contributed by atoms with Crippen LogP contribution in [0.2, 0.25) is 0 Å². The van der Waals surface area contributed by atoms with Gasteiger partial charge in [-0.15, -0.1) is 0 Å². The van der Waals surface area contributed by atoms with Gasteiger partial charge in [0.15, 0.2) is 0 Å². The maximum atomic E-state index is 13.7. The summed E-state index contributed by atoms with van der Waals surface area (Å²) in [7, 11) is 1.35. The SMILES string of the molecule is CN(Cc1cc(F)ccc1CN(CC(=O)O)C(=O)C(F)(F)F)C(=O)OC(C)(C)C. The van der Waals surface area contributed by atoms with Crippen LogP contribution in [0.3, 0.4) is 0 Å². The number of carboxylic acids is 1. The fraction of sp³-hybridized carbons (Fsp3) is 0.500. The lowest BCUT2D eigenvalue weighted by atomic mass is 10.1. The zero-order valence-electron chi connectivity index (χ0n) is 16.3. The number of nitrogens with zero attached hydrogens (tertiary/aromatic N) is 2. The third-order valence-corrected chi connectivity index (χ3v) is 3.50. The van der Waals surface area contributed by atoms with Gasteiger partial charge in [-0.3, -0.25) is 9.59 Å². The molecular weight excluding hydrogens is 400 g/mol. The van der Waals surface area contributed by atoms with Crippen molar-refractivity contribution < 1.29 is 41.8 Å². The number of carbonyl (C=O) groups is 3. The van der Waals surface area contributed by atoms with Gasteiger partial charge in [-0.2, -0.15) is 13.2 Å². The first kappa shape index (κ1) is 24.2. The number of carbonyl (C=O) groups excluding carboxylic acids is 2. The molecule has 0 saturated heterocycles. The van der Waals surface area contributed by atoms with Gasteiger partial charge in [0.25, 0.3) is 0 Å². The van der Waals surface area contributed by atoms with Crippen LogP contribution in [0, 0.1) is 5.82 Å². The number of alkyl halides is 3. The molecule has 162 valence electrons. The Balaban J connectivity index is 3.14. The molecule has 0 saturated carbocycles. The van der Waals surface area contributed by atoms with E-state index in [4.69, 9.17) is 9.84 Å². The number of hydrogen-bond donors (Lipinski definition) is 1. The van der Waals surface area contributed by atoms with Crippen LogP contribution in [-0.2, 0) is 27.4 Å². The maximum absolute atomic E-state index is 13.7. The first-order valence-electron chi connectivity index (χ1n) is 8.39. The van der Waals surface area contributed by atoms with E-state index in [0.29, 0.717) is 0 Å². The molecule has 0 bridgehead atoms. The first-order chi connectivity index (χ1) is 13.1. The number of benzene rings is 1.